The van der Waals surface area contributed by atoms with Crippen LogP contribution in [0.2, 0.25) is 0 Å². The van der Waals surface area contributed by atoms with E-state index in [1.54, 1.807) is 27.9 Å². The number of fused-ring (bicyclic) bond motifs is 1. The van der Waals surface area contributed by atoms with Crippen molar-refractivity contribution in [3.8, 4) is 11.4 Å². The lowest BCUT2D eigenvalue weighted by molar-refractivity contribution is 0.0972. The average molecular weight is 365 g/mol. The van der Waals surface area contributed by atoms with E-state index in [0.29, 0.717) is 18.0 Å². The van der Waals surface area contributed by atoms with Gasteiger partial charge in [0.25, 0.3) is 5.91 Å². The summed E-state index contributed by atoms with van der Waals surface area (Å²) in [6.07, 6.45) is 2.47. The fourth-order valence-corrected chi connectivity index (χ4v) is 3.48. The number of ether oxygens (including phenoxy) is 1. The number of aromatic nitrogens is 2. The van der Waals surface area contributed by atoms with Crippen LogP contribution in [0.5, 0.6) is 5.75 Å². The van der Waals surface area contributed by atoms with Crippen molar-refractivity contribution in [2.45, 2.75) is 26.3 Å². The van der Waals surface area contributed by atoms with Crippen LogP contribution < -0.4 is 9.64 Å². The quantitative estimate of drug-likeness (QED) is 0.702. The van der Waals surface area contributed by atoms with Crippen molar-refractivity contribution >= 4 is 11.6 Å². The Morgan fingerprint density at radius 2 is 1.96 bits per heavy atom. The van der Waals surface area contributed by atoms with Crippen LogP contribution in [0.15, 0.2) is 54.7 Å². The molecule has 1 aliphatic heterocycles. The van der Waals surface area contributed by atoms with E-state index in [1.165, 1.54) is 12.1 Å². The predicted molar refractivity (Wildman–Crippen MR) is 101 cm³/mol. The first-order valence-electron chi connectivity index (χ1n) is 8.98. The first-order chi connectivity index (χ1) is 13.1. The van der Waals surface area contributed by atoms with E-state index in [-0.39, 0.29) is 23.5 Å². The number of halogens is 1. The molecule has 0 aliphatic carbocycles. The van der Waals surface area contributed by atoms with Crippen molar-refractivity contribution in [2.75, 3.05) is 11.5 Å². The molecule has 1 amide bonds. The SMILES string of the molecule is CCOc1cn(-c2ccc(F)cc2)nc1C(=O)N1c2ccccc2CC1C. The third kappa shape index (κ3) is 3.07. The second kappa shape index (κ2) is 6.87. The average Bonchev–Trinajstić information content (AvgIpc) is 3.22. The van der Waals surface area contributed by atoms with Gasteiger partial charge < -0.3 is 9.64 Å². The molecule has 0 N–H and O–H groups in total. The molecule has 2 aromatic carbocycles. The van der Waals surface area contributed by atoms with E-state index < -0.39 is 0 Å². The zero-order valence-corrected chi connectivity index (χ0v) is 15.2. The minimum absolute atomic E-state index is 0.0420. The smallest absolute Gasteiger partial charge is 0.282 e. The number of benzene rings is 2. The van der Waals surface area contributed by atoms with E-state index in [9.17, 15) is 9.18 Å². The fraction of sp³-hybridized carbons (Fsp3) is 0.238. The molecule has 6 heteroatoms. The molecule has 1 aliphatic rings. The van der Waals surface area contributed by atoms with Crippen molar-refractivity contribution < 1.29 is 13.9 Å². The van der Waals surface area contributed by atoms with Crippen molar-refractivity contribution in [3.05, 3.63) is 71.8 Å². The van der Waals surface area contributed by atoms with Gasteiger partial charge in [-0.2, -0.15) is 5.10 Å². The van der Waals surface area contributed by atoms with Gasteiger partial charge in [0.1, 0.15) is 5.82 Å². The molecular weight excluding hydrogens is 345 g/mol. The second-order valence-corrected chi connectivity index (χ2v) is 6.55. The Morgan fingerprint density at radius 3 is 2.70 bits per heavy atom. The normalized spacial score (nSPS) is 15.7. The van der Waals surface area contributed by atoms with Crippen molar-refractivity contribution in [2.24, 2.45) is 0 Å². The van der Waals surface area contributed by atoms with E-state index in [2.05, 4.69) is 5.10 Å². The van der Waals surface area contributed by atoms with Crippen molar-refractivity contribution in [1.29, 1.82) is 0 Å². The number of rotatable bonds is 4. The molecular formula is C21H20FN3O2. The van der Waals surface area contributed by atoms with Crippen LogP contribution in [0.1, 0.15) is 29.9 Å². The largest absolute Gasteiger partial charge is 0.490 e. The first-order valence-corrected chi connectivity index (χ1v) is 8.98. The number of carbonyl (C=O) groups excluding carboxylic acids is 1. The highest BCUT2D eigenvalue weighted by molar-refractivity contribution is 6.08. The third-order valence-corrected chi connectivity index (χ3v) is 4.70. The van der Waals surface area contributed by atoms with Gasteiger partial charge in [0.15, 0.2) is 11.4 Å². The van der Waals surface area contributed by atoms with Crippen molar-refractivity contribution in [1.82, 2.24) is 9.78 Å². The van der Waals surface area contributed by atoms with Crippen LogP contribution >= 0.6 is 0 Å². The van der Waals surface area contributed by atoms with Crippen LogP contribution in [0.4, 0.5) is 10.1 Å². The Balaban J connectivity index is 1.74. The zero-order chi connectivity index (χ0) is 19.0. The molecule has 1 aromatic heterocycles. The molecule has 3 aromatic rings. The summed E-state index contributed by atoms with van der Waals surface area (Å²) >= 11 is 0. The van der Waals surface area contributed by atoms with Crippen LogP contribution in [0.3, 0.4) is 0 Å². The monoisotopic (exact) mass is 365 g/mol. The maximum atomic E-state index is 13.3. The maximum Gasteiger partial charge on any atom is 0.282 e. The molecule has 0 spiro atoms. The van der Waals surface area contributed by atoms with E-state index in [1.807, 2.05) is 38.1 Å². The van der Waals surface area contributed by atoms with Crippen LogP contribution in [0.25, 0.3) is 5.69 Å². The summed E-state index contributed by atoms with van der Waals surface area (Å²) in [6.45, 7) is 4.30. The summed E-state index contributed by atoms with van der Waals surface area (Å²) < 4.78 is 20.4. The number of nitrogens with zero attached hydrogens (tertiary/aromatic N) is 3. The molecule has 0 saturated heterocycles. The third-order valence-electron chi connectivity index (χ3n) is 4.70. The minimum atomic E-state index is -0.324. The van der Waals surface area contributed by atoms with Crippen molar-refractivity contribution in [3.63, 3.8) is 0 Å². The summed E-state index contributed by atoms with van der Waals surface area (Å²) in [4.78, 5) is 15.1. The highest BCUT2D eigenvalue weighted by atomic mass is 19.1. The van der Waals surface area contributed by atoms with E-state index in [0.717, 1.165) is 17.7 Å². The molecule has 138 valence electrons. The predicted octanol–water partition coefficient (Wildman–Crippen LogP) is 4.00. The second-order valence-electron chi connectivity index (χ2n) is 6.55. The first kappa shape index (κ1) is 17.3. The molecule has 2 heterocycles. The van der Waals surface area contributed by atoms with Gasteiger partial charge in [0, 0.05) is 11.7 Å². The van der Waals surface area contributed by atoms with E-state index >= 15 is 0 Å². The summed E-state index contributed by atoms with van der Waals surface area (Å²) in [6, 6.07) is 13.9. The molecule has 27 heavy (non-hydrogen) atoms. The van der Waals surface area contributed by atoms with Gasteiger partial charge >= 0.3 is 0 Å². The Hall–Kier alpha value is -3.15. The Morgan fingerprint density at radius 1 is 1.22 bits per heavy atom. The maximum absolute atomic E-state index is 13.3. The lowest BCUT2D eigenvalue weighted by atomic mass is 10.1. The molecule has 0 saturated carbocycles. The Bertz CT molecular complexity index is 981. The number of hydrogen-bond acceptors (Lipinski definition) is 3. The minimum Gasteiger partial charge on any atom is -0.490 e. The lowest BCUT2D eigenvalue weighted by Gasteiger charge is -2.22. The molecule has 1 atom stereocenters. The van der Waals surface area contributed by atoms with Gasteiger partial charge in [0.2, 0.25) is 0 Å². The van der Waals surface area contributed by atoms with E-state index in [4.69, 9.17) is 4.74 Å². The topological polar surface area (TPSA) is 47.4 Å². The summed E-state index contributed by atoms with van der Waals surface area (Å²) in [7, 11) is 0. The van der Waals surface area contributed by atoms with Gasteiger partial charge in [-0.1, -0.05) is 18.2 Å². The number of amides is 1. The number of para-hydroxylation sites is 1. The molecule has 0 radical (unpaired) electrons. The zero-order valence-electron chi connectivity index (χ0n) is 15.2. The van der Waals surface area contributed by atoms with Crippen LogP contribution in [-0.4, -0.2) is 28.3 Å². The van der Waals surface area contributed by atoms with Gasteiger partial charge in [0.05, 0.1) is 18.5 Å². The number of carbonyl (C=O) groups is 1. The standard InChI is InChI=1S/C21H20FN3O2/c1-3-27-19-13-24(17-10-8-16(22)9-11-17)23-20(19)21(26)25-14(2)12-15-6-4-5-7-18(15)25/h4-11,13-14H,3,12H2,1-2H3. The lowest BCUT2D eigenvalue weighted by Crippen LogP contribution is -2.36. The molecule has 5 nitrogen and oxygen atoms in total. The summed E-state index contributed by atoms with van der Waals surface area (Å²) in [5, 5.41) is 4.46. The van der Waals surface area contributed by atoms with Gasteiger partial charge in [-0.05, 0) is 56.2 Å². The molecule has 0 fully saturated rings. The van der Waals surface area contributed by atoms with Gasteiger partial charge in [-0.15, -0.1) is 0 Å². The number of hydrogen-bond donors (Lipinski definition) is 0. The van der Waals surface area contributed by atoms with Crippen LogP contribution in [-0.2, 0) is 6.42 Å². The van der Waals surface area contributed by atoms with Gasteiger partial charge in [-0.25, -0.2) is 9.07 Å². The number of anilines is 1. The molecule has 4 rings (SSSR count). The highest BCUT2D eigenvalue weighted by Gasteiger charge is 2.34. The fourth-order valence-electron chi connectivity index (χ4n) is 3.48. The highest BCUT2D eigenvalue weighted by Crippen LogP contribution is 2.34. The van der Waals surface area contributed by atoms with Crippen LogP contribution in [0, 0.1) is 5.82 Å². The molecule has 0 bridgehead atoms. The summed E-state index contributed by atoms with van der Waals surface area (Å²) in [5.74, 6) is -0.102. The molecule has 1 unspecified atom stereocenters. The van der Waals surface area contributed by atoms with Gasteiger partial charge in [-0.3, -0.25) is 4.79 Å². The Labute approximate surface area is 157 Å². The summed E-state index contributed by atoms with van der Waals surface area (Å²) in [5.41, 5.74) is 2.97. The Kier molecular flexibility index (Phi) is 4.39.